The third-order valence-electron chi connectivity index (χ3n) is 4.31. The standard InChI is InChI=1S/C20H15F4NO2S/c1-12-9-13(3-5-17(12)20(22,23)24)15-7-8-25-11-16(15)14-4-6-19(18(21)10-14)28(2,26)27/h3-11H,1-2H3. The van der Waals surface area contributed by atoms with E-state index in [1.54, 1.807) is 6.07 Å². The Bertz CT molecular complexity index is 1160. The fourth-order valence-electron chi connectivity index (χ4n) is 2.99. The van der Waals surface area contributed by atoms with Gasteiger partial charge in [-0.05, 0) is 53.4 Å². The van der Waals surface area contributed by atoms with Gasteiger partial charge in [-0.2, -0.15) is 13.2 Å². The third kappa shape index (κ3) is 3.91. The van der Waals surface area contributed by atoms with Crippen LogP contribution >= 0.6 is 0 Å². The third-order valence-corrected chi connectivity index (χ3v) is 5.44. The van der Waals surface area contributed by atoms with Gasteiger partial charge in [0.05, 0.1) is 5.56 Å². The van der Waals surface area contributed by atoms with E-state index in [0.717, 1.165) is 24.5 Å². The topological polar surface area (TPSA) is 47.0 Å². The molecule has 3 aromatic rings. The number of benzene rings is 2. The normalized spacial score (nSPS) is 12.2. The van der Waals surface area contributed by atoms with Gasteiger partial charge in [-0.25, -0.2) is 12.8 Å². The molecule has 0 aliphatic carbocycles. The van der Waals surface area contributed by atoms with Crippen LogP contribution in [0.4, 0.5) is 17.6 Å². The van der Waals surface area contributed by atoms with Crippen LogP contribution in [0.3, 0.4) is 0 Å². The first-order chi connectivity index (χ1) is 13.0. The second-order valence-corrected chi connectivity index (χ2v) is 8.35. The highest BCUT2D eigenvalue weighted by Gasteiger charge is 2.32. The van der Waals surface area contributed by atoms with Gasteiger partial charge in [0.2, 0.25) is 0 Å². The molecule has 0 unspecified atom stereocenters. The summed E-state index contributed by atoms with van der Waals surface area (Å²) in [5.41, 5.74) is 1.24. The minimum Gasteiger partial charge on any atom is -0.264 e. The summed E-state index contributed by atoms with van der Waals surface area (Å²) in [7, 11) is -3.72. The largest absolute Gasteiger partial charge is 0.416 e. The average Bonchev–Trinajstić information content (AvgIpc) is 2.59. The molecule has 0 saturated carbocycles. The van der Waals surface area contributed by atoms with Crippen molar-refractivity contribution < 1.29 is 26.0 Å². The number of hydrogen-bond donors (Lipinski definition) is 0. The summed E-state index contributed by atoms with van der Waals surface area (Å²) in [6.07, 6.45) is -0.607. The molecule has 0 atom stereocenters. The first-order valence-corrected chi connectivity index (χ1v) is 10.00. The van der Waals surface area contributed by atoms with E-state index in [-0.39, 0.29) is 5.56 Å². The number of aryl methyl sites for hydroxylation is 1. The maximum atomic E-state index is 14.3. The molecule has 0 fully saturated rings. The molecule has 0 aliphatic rings. The molecule has 146 valence electrons. The van der Waals surface area contributed by atoms with Gasteiger partial charge in [0.25, 0.3) is 0 Å². The molecule has 0 N–H and O–H groups in total. The van der Waals surface area contributed by atoms with Crippen LogP contribution in [0.1, 0.15) is 11.1 Å². The van der Waals surface area contributed by atoms with Crippen molar-refractivity contribution in [3.05, 3.63) is 71.8 Å². The quantitative estimate of drug-likeness (QED) is 0.553. The van der Waals surface area contributed by atoms with Crippen LogP contribution in [0.25, 0.3) is 22.3 Å². The van der Waals surface area contributed by atoms with E-state index < -0.39 is 32.3 Å². The van der Waals surface area contributed by atoms with Crippen molar-refractivity contribution in [2.75, 3.05) is 6.26 Å². The molecule has 28 heavy (non-hydrogen) atoms. The van der Waals surface area contributed by atoms with Crippen molar-refractivity contribution in [2.24, 2.45) is 0 Å². The Hall–Kier alpha value is -2.74. The van der Waals surface area contributed by atoms with Gasteiger partial charge in [0, 0.05) is 24.2 Å². The van der Waals surface area contributed by atoms with Crippen molar-refractivity contribution in [3.63, 3.8) is 0 Å². The number of pyridine rings is 1. The van der Waals surface area contributed by atoms with Crippen LogP contribution < -0.4 is 0 Å². The van der Waals surface area contributed by atoms with Gasteiger partial charge in [-0.15, -0.1) is 0 Å². The maximum Gasteiger partial charge on any atom is 0.416 e. The van der Waals surface area contributed by atoms with E-state index in [4.69, 9.17) is 0 Å². The molecule has 8 heteroatoms. The SMILES string of the molecule is Cc1cc(-c2ccncc2-c2ccc(S(C)(=O)=O)c(F)c2)ccc1C(F)(F)F. The Morgan fingerprint density at radius 1 is 0.929 bits per heavy atom. The lowest BCUT2D eigenvalue weighted by atomic mass is 9.94. The Balaban J connectivity index is 2.13. The summed E-state index contributed by atoms with van der Waals surface area (Å²) in [6, 6.07) is 9.04. The maximum absolute atomic E-state index is 14.3. The number of alkyl halides is 3. The highest BCUT2D eigenvalue weighted by Crippen LogP contribution is 2.37. The van der Waals surface area contributed by atoms with E-state index in [9.17, 15) is 26.0 Å². The minimum absolute atomic E-state index is 0.0615. The predicted octanol–water partition coefficient (Wildman–Crippen LogP) is 5.29. The fourth-order valence-corrected chi connectivity index (χ4v) is 3.72. The first kappa shape index (κ1) is 20.0. The Labute approximate surface area is 159 Å². The Morgan fingerprint density at radius 2 is 1.57 bits per heavy atom. The van der Waals surface area contributed by atoms with E-state index in [1.165, 1.54) is 37.5 Å². The van der Waals surface area contributed by atoms with Crippen molar-refractivity contribution in [2.45, 2.75) is 18.0 Å². The molecule has 0 amide bonds. The molecule has 3 nitrogen and oxygen atoms in total. The van der Waals surface area contributed by atoms with Gasteiger partial charge in [-0.1, -0.05) is 18.2 Å². The van der Waals surface area contributed by atoms with Crippen LogP contribution in [0.15, 0.2) is 59.8 Å². The number of rotatable bonds is 3. The number of halogens is 4. The van der Waals surface area contributed by atoms with E-state index in [2.05, 4.69) is 4.98 Å². The summed E-state index contributed by atoms with van der Waals surface area (Å²) >= 11 is 0. The molecule has 0 radical (unpaired) electrons. The Morgan fingerprint density at radius 3 is 2.14 bits per heavy atom. The molecule has 2 aromatic carbocycles. The first-order valence-electron chi connectivity index (χ1n) is 8.10. The highest BCUT2D eigenvalue weighted by atomic mass is 32.2. The van der Waals surface area contributed by atoms with Crippen molar-refractivity contribution in [1.29, 1.82) is 0 Å². The molecule has 1 aromatic heterocycles. The summed E-state index contributed by atoms with van der Waals surface area (Å²) in [5.74, 6) is -0.904. The number of hydrogen-bond acceptors (Lipinski definition) is 3. The lowest BCUT2D eigenvalue weighted by Gasteiger charge is -2.14. The second-order valence-electron chi connectivity index (χ2n) is 6.37. The molecule has 1 heterocycles. The van der Waals surface area contributed by atoms with Crippen LogP contribution in [-0.2, 0) is 16.0 Å². The number of sulfone groups is 1. The zero-order valence-electron chi connectivity index (χ0n) is 14.9. The van der Waals surface area contributed by atoms with Crippen molar-refractivity contribution >= 4 is 9.84 Å². The zero-order valence-corrected chi connectivity index (χ0v) is 15.7. The lowest BCUT2D eigenvalue weighted by molar-refractivity contribution is -0.138. The van der Waals surface area contributed by atoms with Crippen LogP contribution in [0.5, 0.6) is 0 Å². The molecular formula is C20H15F4NO2S. The molecule has 0 saturated heterocycles. The molecule has 0 bridgehead atoms. The van der Waals surface area contributed by atoms with Crippen molar-refractivity contribution in [3.8, 4) is 22.3 Å². The average molecular weight is 409 g/mol. The zero-order chi connectivity index (χ0) is 20.7. The van der Waals surface area contributed by atoms with Gasteiger partial charge in [-0.3, -0.25) is 4.98 Å². The Kier molecular flexibility index (Phi) is 5.01. The highest BCUT2D eigenvalue weighted by molar-refractivity contribution is 7.90. The van der Waals surface area contributed by atoms with Crippen LogP contribution in [0, 0.1) is 12.7 Å². The number of aromatic nitrogens is 1. The lowest BCUT2D eigenvalue weighted by Crippen LogP contribution is -2.07. The van der Waals surface area contributed by atoms with E-state index in [0.29, 0.717) is 22.3 Å². The van der Waals surface area contributed by atoms with Crippen LogP contribution in [-0.4, -0.2) is 19.7 Å². The smallest absolute Gasteiger partial charge is 0.264 e. The summed E-state index contributed by atoms with van der Waals surface area (Å²) in [4.78, 5) is 3.58. The monoisotopic (exact) mass is 409 g/mol. The fraction of sp³-hybridized carbons (Fsp3) is 0.150. The summed E-state index contributed by atoms with van der Waals surface area (Å²) in [6.45, 7) is 1.37. The predicted molar refractivity (Wildman–Crippen MR) is 97.9 cm³/mol. The van der Waals surface area contributed by atoms with Crippen molar-refractivity contribution in [1.82, 2.24) is 4.98 Å². The minimum atomic E-state index is -4.45. The molecule has 0 aliphatic heterocycles. The molecule has 0 spiro atoms. The van der Waals surface area contributed by atoms with Crippen LogP contribution in [0.2, 0.25) is 0 Å². The second kappa shape index (κ2) is 7.01. The van der Waals surface area contributed by atoms with Gasteiger partial charge in [0.15, 0.2) is 9.84 Å². The van der Waals surface area contributed by atoms with E-state index in [1.807, 2.05) is 0 Å². The summed E-state index contributed by atoms with van der Waals surface area (Å²) in [5, 5.41) is 0. The van der Waals surface area contributed by atoms with Gasteiger partial charge in [0.1, 0.15) is 10.7 Å². The van der Waals surface area contributed by atoms with Gasteiger partial charge < -0.3 is 0 Å². The van der Waals surface area contributed by atoms with E-state index >= 15 is 0 Å². The molecular weight excluding hydrogens is 394 g/mol. The number of nitrogens with zero attached hydrogens (tertiary/aromatic N) is 1. The van der Waals surface area contributed by atoms with Gasteiger partial charge >= 0.3 is 6.18 Å². The summed E-state index contributed by atoms with van der Waals surface area (Å²) < 4.78 is 76.5. The molecule has 3 rings (SSSR count).